The first-order chi connectivity index (χ1) is 20.8. The summed E-state index contributed by atoms with van der Waals surface area (Å²) < 4.78 is 0. The van der Waals surface area contributed by atoms with Crippen molar-refractivity contribution in [2.75, 3.05) is 6.54 Å². The van der Waals surface area contributed by atoms with Crippen LogP contribution in [0.5, 0.6) is 0 Å². The Bertz CT molecular complexity index is 1290. The number of likely N-dealkylation sites (tertiary alicyclic amines) is 1. The summed E-state index contributed by atoms with van der Waals surface area (Å²) in [6, 6.07) is 9.67. The molecule has 2 aromatic carbocycles. The minimum absolute atomic E-state index is 0.135. The predicted octanol–water partition coefficient (Wildman–Crippen LogP) is 8.41. The Labute approximate surface area is 253 Å². The van der Waals surface area contributed by atoms with Crippen LogP contribution in [0, 0.1) is 20.2 Å². The van der Waals surface area contributed by atoms with Crippen LogP contribution >= 0.6 is 0 Å². The number of amides is 1. The molecule has 1 saturated heterocycles. The number of carbonyl (C=O) groups is 2. The molecule has 1 aliphatic rings. The van der Waals surface area contributed by atoms with Gasteiger partial charge < -0.3 is 10.0 Å². The number of unbranched alkanes of at least 4 members (excludes halogenated alkanes) is 13. The number of non-ortho nitro benzene ring substituents is 2. The summed E-state index contributed by atoms with van der Waals surface area (Å²) in [5.74, 6) is -2.15. The van der Waals surface area contributed by atoms with Crippen molar-refractivity contribution in [3.05, 3.63) is 85.5 Å². The van der Waals surface area contributed by atoms with Crippen LogP contribution in [0.4, 0.5) is 11.4 Å². The summed E-state index contributed by atoms with van der Waals surface area (Å²) in [6.07, 6.45) is 16.5. The Morgan fingerprint density at radius 1 is 0.744 bits per heavy atom. The second kappa shape index (κ2) is 17.1. The second-order valence-electron chi connectivity index (χ2n) is 11.2. The number of nitrogens with zero attached hydrogens (tertiary/aromatic N) is 3. The highest BCUT2D eigenvalue weighted by Gasteiger charge is 2.46. The SMILES string of the molecule is CCCCCCCCCCCCCCCCN1C(=O)C(=O)/C(=C(/O)c2ccc([N+](=O)[O-])cc2)[C@@H]1c1cccc([N+](=O)[O-])c1. The van der Waals surface area contributed by atoms with Crippen LogP contribution in [0.2, 0.25) is 0 Å². The maximum absolute atomic E-state index is 13.2. The van der Waals surface area contributed by atoms with Crippen molar-refractivity contribution in [2.45, 2.75) is 103 Å². The smallest absolute Gasteiger partial charge is 0.295 e. The van der Waals surface area contributed by atoms with Crippen LogP contribution in [-0.4, -0.2) is 38.1 Å². The van der Waals surface area contributed by atoms with E-state index in [4.69, 9.17) is 0 Å². The molecule has 0 aliphatic carbocycles. The summed E-state index contributed by atoms with van der Waals surface area (Å²) in [4.78, 5) is 49.1. The summed E-state index contributed by atoms with van der Waals surface area (Å²) >= 11 is 0. The minimum Gasteiger partial charge on any atom is -0.507 e. The fourth-order valence-corrected chi connectivity index (χ4v) is 5.64. The molecule has 1 atom stereocenters. The fourth-order valence-electron chi connectivity index (χ4n) is 5.64. The number of hydrogen-bond donors (Lipinski definition) is 1. The van der Waals surface area contributed by atoms with Gasteiger partial charge in [0, 0.05) is 36.4 Å². The van der Waals surface area contributed by atoms with Gasteiger partial charge in [0.1, 0.15) is 5.76 Å². The van der Waals surface area contributed by atoms with E-state index in [1.54, 1.807) is 6.07 Å². The summed E-state index contributed by atoms with van der Waals surface area (Å²) in [5, 5.41) is 33.6. The van der Waals surface area contributed by atoms with E-state index in [1.807, 2.05) is 0 Å². The van der Waals surface area contributed by atoms with Crippen LogP contribution in [0.25, 0.3) is 5.76 Å². The van der Waals surface area contributed by atoms with Gasteiger partial charge in [-0.15, -0.1) is 0 Å². The van der Waals surface area contributed by atoms with E-state index in [1.165, 1.54) is 112 Å². The third-order valence-corrected chi connectivity index (χ3v) is 8.04. The Balaban J connectivity index is 1.63. The third-order valence-electron chi connectivity index (χ3n) is 8.04. The van der Waals surface area contributed by atoms with Gasteiger partial charge >= 0.3 is 0 Å². The second-order valence-corrected chi connectivity index (χ2v) is 11.2. The minimum atomic E-state index is -1.02. The number of carbonyl (C=O) groups excluding carboxylic acids is 2. The number of rotatable bonds is 19. The lowest BCUT2D eigenvalue weighted by Crippen LogP contribution is -2.30. The van der Waals surface area contributed by atoms with Gasteiger partial charge in [0.05, 0.1) is 21.5 Å². The monoisotopic (exact) mass is 593 g/mol. The summed E-state index contributed by atoms with van der Waals surface area (Å²) in [6.45, 7) is 2.49. The van der Waals surface area contributed by atoms with Gasteiger partial charge in [-0.25, -0.2) is 0 Å². The average molecular weight is 594 g/mol. The maximum Gasteiger partial charge on any atom is 0.295 e. The first-order valence-corrected chi connectivity index (χ1v) is 15.5. The number of ketones is 1. The van der Waals surface area contributed by atoms with Crippen molar-refractivity contribution < 1.29 is 24.5 Å². The number of nitro groups is 2. The standard InChI is InChI=1S/C33H43N3O7/c1-2-3-4-5-6-7-8-9-10-11-12-13-14-15-23-34-30(26-17-16-18-28(24-26)36(42)43)29(32(38)33(34)39)31(37)25-19-21-27(22-20-25)35(40)41/h16-22,24,30,37H,2-15,23H2,1H3/b31-29+/t30-/m0/s1. The molecule has 1 amide bonds. The van der Waals surface area contributed by atoms with E-state index in [9.17, 15) is 34.9 Å². The molecule has 0 bridgehead atoms. The molecule has 0 spiro atoms. The zero-order valence-electron chi connectivity index (χ0n) is 25.0. The Hall–Kier alpha value is -4.08. The lowest BCUT2D eigenvalue weighted by atomic mass is 9.95. The van der Waals surface area contributed by atoms with Gasteiger partial charge in [0.2, 0.25) is 0 Å². The molecule has 232 valence electrons. The molecule has 0 unspecified atom stereocenters. The lowest BCUT2D eigenvalue weighted by molar-refractivity contribution is -0.385. The normalized spacial score (nSPS) is 16.1. The number of Topliss-reactive ketones (excluding diaryl/α,β-unsaturated/α-hetero) is 1. The van der Waals surface area contributed by atoms with Gasteiger partial charge in [-0.3, -0.25) is 29.8 Å². The molecular weight excluding hydrogens is 550 g/mol. The number of hydrogen-bond acceptors (Lipinski definition) is 7. The molecule has 1 N–H and O–H groups in total. The Kier molecular flexibility index (Phi) is 13.3. The molecule has 1 fully saturated rings. The quantitative estimate of drug-likeness (QED) is 0.0430. The maximum atomic E-state index is 13.2. The van der Waals surface area contributed by atoms with Crippen molar-refractivity contribution in [1.82, 2.24) is 4.90 Å². The largest absolute Gasteiger partial charge is 0.507 e. The highest BCUT2D eigenvalue weighted by molar-refractivity contribution is 6.46. The number of nitro benzene ring substituents is 2. The lowest BCUT2D eigenvalue weighted by Gasteiger charge is -2.25. The van der Waals surface area contributed by atoms with E-state index in [2.05, 4.69) is 6.92 Å². The Morgan fingerprint density at radius 3 is 1.77 bits per heavy atom. The molecule has 10 nitrogen and oxygen atoms in total. The van der Waals surface area contributed by atoms with Crippen molar-refractivity contribution in [3.8, 4) is 0 Å². The van der Waals surface area contributed by atoms with Crippen molar-refractivity contribution in [2.24, 2.45) is 0 Å². The van der Waals surface area contributed by atoms with Gasteiger partial charge in [-0.2, -0.15) is 0 Å². The van der Waals surface area contributed by atoms with Crippen molar-refractivity contribution in [3.63, 3.8) is 0 Å². The van der Waals surface area contributed by atoms with E-state index < -0.39 is 33.3 Å². The summed E-state index contributed by atoms with van der Waals surface area (Å²) in [7, 11) is 0. The first-order valence-electron chi connectivity index (χ1n) is 15.5. The number of aliphatic hydroxyl groups excluding tert-OH is 1. The topological polar surface area (TPSA) is 144 Å². The first kappa shape index (κ1) is 33.4. The van der Waals surface area contributed by atoms with Crippen LogP contribution in [-0.2, 0) is 9.59 Å². The number of aliphatic hydroxyl groups is 1. The highest BCUT2D eigenvalue weighted by Crippen LogP contribution is 2.40. The molecule has 1 aliphatic heterocycles. The Morgan fingerprint density at radius 2 is 1.26 bits per heavy atom. The molecule has 3 rings (SSSR count). The van der Waals surface area contributed by atoms with E-state index in [0.717, 1.165) is 19.3 Å². The van der Waals surface area contributed by atoms with Gasteiger partial charge in [0.15, 0.2) is 0 Å². The van der Waals surface area contributed by atoms with Crippen LogP contribution in [0.15, 0.2) is 54.1 Å². The van der Waals surface area contributed by atoms with Crippen LogP contribution in [0.3, 0.4) is 0 Å². The predicted molar refractivity (Wildman–Crippen MR) is 166 cm³/mol. The third kappa shape index (κ3) is 9.46. The molecule has 2 aromatic rings. The van der Waals surface area contributed by atoms with E-state index in [-0.39, 0.29) is 29.1 Å². The van der Waals surface area contributed by atoms with E-state index in [0.29, 0.717) is 12.0 Å². The van der Waals surface area contributed by atoms with Gasteiger partial charge in [0.25, 0.3) is 23.1 Å². The molecule has 0 aromatic heterocycles. The molecule has 43 heavy (non-hydrogen) atoms. The molecule has 1 heterocycles. The number of benzene rings is 2. The van der Waals surface area contributed by atoms with Gasteiger partial charge in [-0.1, -0.05) is 103 Å². The van der Waals surface area contributed by atoms with Crippen molar-refractivity contribution in [1.29, 1.82) is 0 Å². The van der Waals surface area contributed by atoms with Gasteiger partial charge in [-0.05, 0) is 24.1 Å². The van der Waals surface area contributed by atoms with E-state index >= 15 is 0 Å². The molecule has 0 saturated carbocycles. The highest BCUT2D eigenvalue weighted by atomic mass is 16.6. The zero-order valence-corrected chi connectivity index (χ0v) is 25.0. The average Bonchev–Trinajstić information content (AvgIpc) is 3.26. The molecule has 0 radical (unpaired) electrons. The molecule has 10 heteroatoms. The fraction of sp³-hybridized carbons (Fsp3) is 0.515. The van der Waals surface area contributed by atoms with Crippen LogP contribution in [0.1, 0.15) is 114 Å². The van der Waals surface area contributed by atoms with Crippen molar-refractivity contribution >= 4 is 28.8 Å². The van der Waals surface area contributed by atoms with Crippen LogP contribution < -0.4 is 0 Å². The zero-order chi connectivity index (χ0) is 31.2. The summed E-state index contributed by atoms with van der Waals surface area (Å²) in [5.41, 5.74) is -0.109. The molecular formula is C33H43N3O7.